The first-order valence-corrected chi connectivity index (χ1v) is 10.6. The Kier molecular flexibility index (Phi) is 5.56. The van der Waals surface area contributed by atoms with E-state index >= 15 is 0 Å². The summed E-state index contributed by atoms with van der Waals surface area (Å²) in [6.07, 6.45) is 0.817. The highest BCUT2D eigenvalue weighted by molar-refractivity contribution is 5.94. The largest absolute Gasteiger partial charge is 0.492 e. The molecule has 1 amide bonds. The molecule has 0 fully saturated rings. The van der Waals surface area contributed by atoms with Gasteiger partial charge in [-0.05, 0) is 53.7 Å². The van der Waals surface area contributed by atoms with Crippen LogP contribution >= 0.6 is 0 Å². The van der Waals surface area contributed by atoms with Gasteiger partial charge in [0.1, 0.15) is 6.04 Å². The molecular weight excluding hydrogens is 428 g/mol. The van der Waals surface area contributed by atoms with Crippen LogP contribution < -0.4 is 19.5 Å². The van der Waals surface area contributed by atoms with E-state index in [2.05, 4.69) is 25.7 Å². The fourth-order valence-electron chi connectivity index (χ4n) is 4.36. The van der Waals surface area contributed by atoms with Gasteiger partial charge in [0, 0.05) is 24.2 Å². The van der Waals surface area contributed by atoms with Gasteiger partial charge in [-0.1, -0.05) is 6.07 Å². The molecule has 0 saturated carbocycles. The fourth-order valence-corrected chi connectivity index (χ4v) is 4.36. The summed E-state index contributed by atoms with van der Waals surface area (Å²) >= 11 is 0. The lowest BCUT2D eigenvalue weighted by molar-refractivity contribution is 0.0944. The molecule has 2 aliphatic heterocycles. The van der Waals surface area contributed by atoms with Crippen LogP contribution in [0.15, 0.2) is 30.3 Å². The van der Waals surface area contributed by atoms with Gasteiger partial charge in [0.2, 0.25) is 12.5 Å². The van der Waals surface area contributed by atoms with Crippen molar-refractivity contribution in [2.45, 2.75) is 12.5 Å². The number of ether oxygens (including phenoxy) is 3. The molecular formula is C22H24N6O5. The number of methoxy groups -OCH3 is 1. The first kappa shape index (κ1) is 21.2. The summed E-state index contributed by atoms with van der Waals surface area (Å²) in [5.41, 5.74) is 3.11. The minimum Gasteiger partial charge on any atom is -0.492 e. The van der Waals surface area contributed by atoms with Crippen molar-refractivity contribution in [1.82, 2.24) is 30.4 Å². The smallest absolute Gasteiger partial charge is 0.251 e. The van der Waals surface area contributed by atoms with Gasteiger partial charge in [0.25, 0.3) is 5.91 Å². The monoisotopic (exact) mass is 452 g/mol. The molecule has 0 saturated heterocycles. The first-order valence-electron chi connectivity index (χ1n) is 10.6. The highest BCUT2D eigenvalue weighted by Gasteiger charge is 2.37. The number of rotatable bonds is 6. The van der Waals surface area contributed by atoms with Crippen molar-refractivity contribution in [3.63, 3.8) is 0 Å². The van der Waals surface area contributed by atoms with Crippen molar-refractivity contribution in [2.75, 3.05) is 40.6 Å². The summed E-state index contributed by atoms with van der Waals surface area (Å²) in [5.74, 6) is 2.18. The minimum atomic E-state index is -0.305. The number of hydrogen-bond acceptors (Lipinski definition) is 9. The molecule has 2 aliphatic rings. The second-order valence-corrected chi connectivity index (χ2v) is 7.83. The topological polar surface area (TPSA) is 124 Å². The molecule has 0 spiro atoms. The van der Waals surface area contributed by atoms with Crippen LogP contribution in [0.2, 0.25) is 0 Å². The number of nitrogens with zero attached hydrogens (tertiary/aromatic N) is 5. The maximum absolute atomic E-state index is 12.4. The van der Waals surface area contributed by atoms with E-state index < -0.39 is 0 Å². The van der Waals surface area contributed by atoms with Gasteiger partial charge in [0.05, 0.1) is 19.4 Å². The summed E-state index contributed by atoms with van der Waals surface area (Å²) in [7, 11) is 3.62. The lowest BCUT2D eigenvalue weighted by Crippen LogP contribution is -2.35. The molecule has 0 unspecified atom stereocenters. The zero-order chi connectivity index (χ0) is 22.9. The average molecular weight is 452 g/mol. The number of carbonyl (C=O) groups is 1. The molecule has 1 atom stereocenters. The lowest BCUT2D eigenvalue weighted by atomic mass is 9.90. The number of tetrazole rings is 1. The highest BCUT2D eigenvalue weighted by atomic mass is 16.7. The summed E-state index contributed by atoms with van der Waals surface area (Å²) in [4.78, 5) is 14.5. The predicted octanol–water partition coefficient (Wildman–Crippen LogP) is 0.699. The number of nitrogens with one attached hydrogen (secondary N) is 1. The van der Waals surface area contributed by atoms with Gasteiger partial charge in [-0.2, -0.15) is 4.68 Å². The molecule has 11 heteroatoms. The Balaban J connectivity index is 1.59. The molecule has 11 nitrogen and oxygen atoms in total. The molecule has 2 N–H and O–H groups in total. The summed E-state index contributed by atoms with van der Waals surface area (Å²) < 4.78 is 18.7. The second kappa shape index (κ2) is 8.68. The van der Waals surface area contributed by atoms with Crippen LogP contribution in [-0.2, 0) is 6.42 Å². The van der Waals surface area contributed by atoms with Crippen molar-refractivity contribution in [3.8, 4) is 22.9 Å². The molecule has 0 radical (unpaired) electrons. The molecule has 1 aromatic heterocycles. The normalized spacial score (nSPS) is 17.0. The van der Waals surface area contributed by atoms with Gasteiger partial charge in [-0.25, -0.2) is 0 Å². The van der Waals surface area contributed by atoms with Crippen molar-refractivity contribution < 1.29 is 24.1 Å². The molecule has 3 heterocycles. The Morgan fingerprint density at radius 1 is 1.33 bits per heavy atom. The van der Waals surface area contributed by atoms with Gasteiger partial charge < -0.3 is 24.6 Å². The second-order valence-electron chi connectivity index (χ2n) is 7.83. The van der Waals surface area contributed by atoms with E-state index in [0.717, 1.165) is 24.1 Å². The Bertz CT molecular complexity index is 1200. The van der Waals surface area contributed by atoms with Gasteiger partial charge in [-0.3, -0.25) is 9.69 Å². The standard InChI is InChI=1S/C22H24N6O5/c1-27-8-6-13-11-16-19(33-12-32-16)20(31-2)17(13)18(27)21-24-25-26-28(21)15-5-3-4-14(10-15)22(30)23-7-9-29/h3-5,10-11,18,29H,6-9,12H2,1-2H3,(H,23,30)/t18-/m1/s1. The van der Waals surface area contributed by atoms with Crippen molar-refractivity contribution in [2.24, 2.45) is 0 Å². The van der Waals surface area contributed by atoms with Crippen LogP contribution in [0.3, 0.4) is 0 Å². The van der Waals surface area contributed by atoms with E-state index in [-0.39, 0.29) is 31.9 Å². The van der Waals surface area contributed by atoms with E-state index in [0.29, 0.717) is 34.3 Å². The molecule has 5 rings (SSSR count). The number of hydrogen-bond donors (Lipinski definition) is 2. The molecule has 2 aromatic carbocycles. The zero-order valence-electron chi connectivity index (χ0n) is 18.3. The molecule has 172 valence electrons. The van der Waals surface area contributed by atoms with Crippen LogP contribution in [0.4, 0.5) is 0 Å². The number of amides is 1. The molecule has 33 heavy (non-hydrogen) atoms. The fraction of sp³-hybridized carbons (Fsp3) is 0.364. The number of aliphatic hydroxyl groups is 1. The SMILES string of the molecule is COc1c2c(cc3c1[C@H](c1nnnn1-c1cccc(C(=O)NCCO)c1)N(C)CC3)OCO2. The average Bonchev–Trinajstić information content (AvgIpc) is 3.51. The van der Waals surface area contributed by atoms with E-state index in [1.807, 2.05) is 19.2 Å². The van der Waals surface area contributed by atoms with E-state index in [1.54, 1.807) is 30.0 Å². The Hall–Kier alpha value is -3.70. The number of benzene rings is 2. The maximum atomic E-state index is 12.4. The Morgan fingerprint density at radius 2 is 2.21 bits per heavy atom. The predicted molar refractivity (Wildman–Crippen MR) is 116 cm³/mol. The van der Waals surface area contributed by atoms with Crippen LogP contribution in [-0.4, -0.2) is 76.8 Å². The van der Waals surface area contributed by atoms with Gasteiger partial charge in [0.15, 0.2) is 17.3 Å². The van der Waals surface area contributed by atoms with Crippen LogP contribution in [0.5, 0.6) is 17.2 Å². The number of likely N-dealkylation sites (N-methyl/N-ethyl adjacent to an activating group) is 1. The van der Waals surface area contributed by atoms with Crippen molar-refractivity contribution in [3.05, 3.63) is 52.8 Å². The van der Waals surface area contributed by atoms with E-state index in [1.165, 1.54) is 0 Å². The van der Waals surface area contributed by atoms with Crippen LogP contribution in [0.1, 0.15) is 33.4 Å². The maximum Gasteiger partial charge on any atom is 0.251 e. The molecule has 0 bridgehead atoms. The van der Waals surface area contributed by atoms with Gasteiger partial charge in [-0.15, -0.1) is 5.10 Å². The number of fused-ring (bicyclic) bond motifs is 2. The van der Waals surface area contributed by atoms with Gasteiger partial charge >= 0.3 is 0 Å². The Labute approximate surface area is 189 Å². The first-order chi connectivity index (χ1) is 16.1. The zero-order valence-corrected chi connectivity index (χ0v) is 18.3. The van der Waals surface area contributed by atoms with Crippen molar-refractivity contribution >= 4 is 5.91 Å². The summed E-state index contributed by atoms with van der Waals surface area (Å²) in [6.45, 7) is 0.990. The third-order valence-corrected chi connectivity index (χ3v) is 5.88. The third-order valence-electron chi connectivity index (χ3n) is 5.88. The number of aromatic nitrogens is 4. The van der Waals surface area contributed by atoms with E-state index in [9.17, 15) is 4.79 Å². The van der Waals surface area contributed by atoms with Crippen LogP contribution in [0, 0.1) is 0 Å². The number of carbonyl (C=O) groups excluding carboxylic acids is 1. The molecule has 3 aromatic rings. The minimum absolute atomic E-state index is 0.129. The quantitative estimate of drug-likeness (QED) is 0.556. The van der Waals surface area contributed by atoms with Crippen molar-refractivity contribution in [1.29, 1.82) is 0 Å². The summed E-state index contributed by atoms with van der Waals surface area (Å²) in [5, 5.41) is 24.2. The summed E-state index contributed by atoms with van der Waals surface area (Å²) in [6, 6.07) is 8.72. The van der Waals surface area contributed by atoms with Crippen LogP contribution in [0.25, 0.3) is 5.69 Å². The number of aliphatic hydroxyl groups excluding tert-OH is 1. The Morgan fingerprint density at radius 3 is 3.03 bits per heavy atom. The lowest BCUT2D eigenvalue weighted by Gasteiger charge is -2.34. The van der Waals surface area contributed by atoms with E-state index in [4.69, 9.17) is 19.3 Å². The highest BCUT2D eigenvalue weighted by Crippen LogP contribution is 2.50. The molecule has 0 aliphatic carbocycles. The third kappa shape index (κ3) is 3.64.